The smallest absolute Gasteiger partial charge is 0.240 e. The zero-order valence-electron chi connectivity index (χ0n) is 20.7. The van der Waals surface area contributed by atoms with E-state index in [-0.39, 0.29) is 16.7 Å². The topological polar surface area (TPSA) is 109 Å². The van der Waals surface area contributed by atoms with Crippen LogP contribution in [0.1, 0.15) is 65.9 Å². The van der Waals surface area contributed by atoms with Gasteiger partial charge in [0.1, 0.15) is 0 Å². The fraction of sp³-hybridized carbons (Fsp3) is 0.625. The summed E-state index contributed by atoms with van der Waals surface area (Å²) >= 11 is 6.02. The molecule has 8 nitrogen and oxygen atoms in total. The molecular weight excluding hydrogens is 472 g/mol. The molecule has 1 aromatic carbocycles. The van der Waals surface area contributed by atoms with Gasteiger partial charge in [0.25, 0.3) is 0 Å². The molecular formula is C24H37ClN6O2S. The van der Waals surface area contributed by atoms with Crippen molar-refractivity contribution in [3.05, 3.63) is 35.1 Å². The second-order valence-electron chi connectivity index (χ2n) is 10.4. The SMILES string of the molecule is CC(C)Nc1nc(Cl)nc(NCC2CCC(CNS(=O)(=O)c3ccc(C(C)(C)C)cc3)CC2)n1. The summed E-state index contributed by atoms with van der Waals surface area (Å²) in [5.74, 6) is 1.75. The van der Waals surface area contributed by atoms with Gasteiger partial charge in [-0.15, -0.1) is 0 Å². The fourth-order valence-electron chi connectivity index (χ4n) is 4.07. The van der Waals surface area contributed by atoms with Crippen LogP contribution in [0.15, 0.2) is 29.2 Å². The molecule has 0 amide bonds. The molecule has 188 valence electrons. The third kappa shape index (κ3) is 7.78. The Bertz CT molecular complexity index is 1050. The normalized spacial score (nSPS) is 19.3. The predicted molar refractivity (Wildman–Crippen MR) is 138 cm³/mol. The van der Waals surface area contributed by atoms with Crippen molar-refractivity contribution in [1.82, 2.24) is 19.7 Å². The molecule has 3 rings (SSSR count). The number of rotatable bonds is 9. The monoisotopic (exact) mass is 508 g/mol. The lowest BCUT2D eigenvalue weighted by Gasteiger charge is -2.28. The van der Waals surface area contributed by atoms with E-state index in [0.29, 0.717) is 35.2 Å². The van der Waals surface area contributed by atoms with Crippen LogP contribution in [0.2, 0.25) is 5.28 Å². The van der Waals surface area contributed by atoms with E-state index in [4.69, 9.17) is 11.6 Å². The van der Waals surface area contributed by atoms with E-state index in [0.717, 1.165) is 37.8 Å². The molecule has 0 radical (unpaired) electrons. The highest BCUT2D eigenvalue weighted by molar-refractivity contribution is 7.89. The first-order valence-corrected chi connectivity index (χ1v) is 13.8. The van der Waals surface area contributed by atoms with Gasteiger partial charge in [-0.1, -0.05) is 32.9 Å². The number of aromatic nitrogens is 3. The summed E-state index contributed by atoms with van der Waals surface area (Å²) in [6.07, 6.45) is 4.01. The van der Waals surface area contributed by atoms with Crippen molar-refractivity contribution in [2.45, 2.75) is 76.7 Å². The number of hydrogen-bond acceptors (Lipinski definition) is 7. The van der Waals surface area contributed by atoms with E-state index in [1.165, 1.54) is 0 Å². The maximum atomic E-state index is 12.7. The fourth-order valence-corrected chi connectivity index (χ4v) is 5.35. The van der Waals surface area contributed by atoms with Crippen LogP contribution in [0, 0.1) is 11.8 Å². The number of nitrogens with zero attached hydrogens (tertiary/aromatic N) is 3. The van der Waals surface area contributed by atoms with Crippen molar-refractivity contribution >= 4 is 33.5 Å². The molecule has 1 heterocycles. The number of anilines is 2. The Balaban J connectivity index is 1.45. The number of benzene rings is 1. The molecule has 1 aromatic heterocycles. The van der Waals surface area contributed by atoms with Crippen molar-refractivity contribution in [2.24, 2.45) is 11.8 Å². The molecule has 1 fully saturated rings. The lowest BCUT2D eigenvalue weighted by molar-refractivity contribution is 0.284. The highest BCUT2D eigenvalue weighted by Crippen LogP contribution is 2.29. The first kappa shape index (κ1) is 26.6. The molecule has 2 aromatic rings. The van der Waals surface area contributed by atoms with Gasteiger partial charge in [-0.3, -0.25) is 0 Å². The van der Waals surface area contributed by atoms with Crippen molar-refractivity contribution in [1.29, 1.82) is 0 Å². The third-order valence-electron chi connectivity index (χ3n) is 6.13. The van der Waals surface area contributed by atoms with Crippen molar-refractivity contribution in [3.63, 3.8) is 0 Å². The van der Waals surface area contributed by atoms with E-state index < -0.39 is 10.0 Å². The van der Waals surface area contributed by atoms with Crippen LogP contribution in [-0.2, 0) is 15.4 Å². The molecule has 3 N–H and O–H groups in total. The zero-order chi connectivity index (χ0) is 24.9. The Morgan fingerprint density at radius 1 is 0.941 bits per heavy atom. The van der Waals surface area contributed by atoms with E-state index in [2.05, 4.69) is 51.1 Å². The van der Waals surface area contributed by atoms with Crippen LogP contribution in [0.25, 0.3) is 0 Å². The highest BCUT2D eigenvalue weighted by Gasteiger charge is 2.24. The Morgan fingerprint density at radius 2 is 1.50 bits per heavy atom. The molecule has 0 aliphatic heterocycles. The zero-order valence-corrected chi connectivity index (χ0v) is 22.3. The van der Waals surface area contributed by atoms with Gasteiger partial charge >= 0.3 is 0 Å². The van der Waals surface area contributed by atoms with Gasteiger partial charge in [-0.05, 0) is 86.1 Å². The van der Waals surface area contributed by atoms with Crippen molar-refractivity contribution in [2.75, 3.05) is 23.7 Å². The molecule has 0 spiro atoms. The summed E-state index contributed by atoms with van der Waals surface area (Å²) in [5.41, 5.74) is 1.11. The van der Waals surface area contributed by atoms with Gasteiger partial charge in [0.05, 0.1) is 4.90 Å². The van der Waals surface area contributed by atoms with E-state index in [1.807, 2.05) is 26.0 Å². The van der Waals surface area contributed by atoms with Crippen LogP contribution in [-0.4, -0.2) is 42.5 Å². The van der Waals surface area contributed by atoms with Gasteiger partial charge in [0.15, 0.2) is 0 Å². The molecule has 0 unspecified atom stereocenters. The number of nitrogens with one attached hydrogen (secondary N) is 3. The first-order chi connectivity index (χ1) is 15.9. The Morgan fingerprint density at radius 3 is 2.06 bits per heavy atom. The molecule has 10 heteroatoms. The second kappa shape index (κ2) is 11.2. The summed E-state index contributed by atoms with van der Waals surface area (Å²) in [6.45, 7) is 11.6. The summed E-state index contributed by atoms with van der Waals surface area (Å²) in [4.78, 5) is 12.9. The molecule has 1 aliphatic carbocycles. The van der Waals surface area contributed by atoms with Crippen LogP contribution < -0.4 is 15.4 Å². The van der Waals surface area contributed by atoms with Gasteiger partial charge < -0.3 is 10.6 Å². The summed E-state index contributed by atoms with van der Waals surface area (Å²) in [6, 6.07) is 7.38. The number of sulfonamides is 1. The average Bonchev–Trinajstić information content (AvgIpc) is 2.76. The lowest BCUT2D eigenvalue weighted by atomic mass is 9.82. The minimum absolute atomic E-state index is 0.00768. The predicted octanol–water partition coefficient (Wildman–Crippen LogP) is 4.84. The Kier molecular flexibility index (Phi) is 8.76. The molecule has 1 saturated carbocycles. The lowest BCUT2D eigenvalue weighted by Crippen LogP contribution is -2.32. The minimum atomic E-state index is -3.50. The van der Waals surface area contributed by atoms with Crippen molar-refractivity contribution < 1.29 is 8.42 Å². The quantitative estimate of drug-likeness (QED) is 0.444. The summed E-state index contributed by atoms with van der Waals surface area (Å²) < 4.78 is 28.3. The van der Waals surface area contributed by atoms with Crippen LogP contribution in [0.5, 0.6) is 0 Å². The van der Waals surface area contributed by atoms with Crippen LogP contribution in [0.3, 0.4) is 0 Å². The number of hydrogen-bond donors (Lipinski definition) is 3. The van der Waals surface area contributed by atoms with E-state index in [1.54, 1.807) is 12.1 Å². The molecule has 1 aliphatic rings. The third-order valence-corrected chi connectivity index (χ3v) is 7.74. The summed E-state index contributed by atoms with van der Waals surface area (Å²) in [7, 11) is -3.50. The van der Waals surface area contributed by atoms with E-state index >= 15 is 0 Å². The maximum Gasteiger partial charge on any atom is 0.240 e. The molecule has 0 saturated heterocycles. The number of halogens is 1. The van der Waals surface area contributed by atoms with Gasteiger partial charge in [-0.25, -0.2) is 13.1 Å². The standard InChI is InChI=1S/C24H37ClN6O2S/c1-16(2)28-23-30-21(25)29-22(31-23)26-14-17-6-8-18(9-7-17)15-27-34(32,33)20-12-10-19(11-13-20)24(3,4)5/h10-13,16-18,27H,6-9,14-15H2,1-5H3,(H2,26,28,29,30,31). The van der Waals surface area contributed by atoms with Gasteiger partial charge in [-0.2, -0.15) is 15.0 Å². The van der Waals surface area contributed by atoms with E-state index in [9.17, 15) is 8.42 Å². The molecule has 0 bridgehead atoms. The molecule has 0 atom stereocenters. The largest absolute Gasteiger partial charge is 0.354 e. The Hall–Kier alpha value is -1.97. The maximum absolute atomic E-state index is 12.7. The average molecular weight is 509 g/mol. The molecule has 34 heavy (non-hydrogen) atoms. The van der Waals surface area contributed by atoms with Crippen LogP contribution >= 0.6 is 11.6 Å². The highest BCUT2D eigenvalue weighted by atomic mass is 35.5. The van der Waals surface area contributed by atoms with Gasteiger partial charge in [0.2, 0.25) is 27.2 Å². The minimum Gasteiger partial charge on any atom is -0.354 e. The summed E-state index contributed by atoms with van der Waals surface area (Å²) in [5, 5.41) is 6.57. The van der Waals surface area contributed by atoms with Crippen molar-refractivity contribution in [3.8, 4) is 0 Å². The second-order valence-corrected chi connectivity index (χ2v) is 12.5. The van der Waals surface area contributed by atoms with Crippen LogP contribution in [0.4, 0.5) is 11.9 Å². The Labute approximate surface area is 208 Å². The van der Waals surface area contributed by atoms with Gasteiger partial charge in [0, 0.05) is 19.1 Å². The first-order valence-electron chi connectivity index (χ1n) is 11.9.